The van der Waals surface area contributed by atoms with Gasteiger partial charge in [-0.3, -0.25) is 24.6 Å². The molecular formula is C18H18N2O4S. The molecule has 0 atom stereocenters. The second-order valence-electron chi connectivity index (χ2n) is 4.69. The van der Waals surface area contributed by atoms with E-state index in [1.165, 1.54) is 13.1 Å². The minimum atomic E-state index is -0.467. The number of nitrogens with one attached hydrogen (secondary N) is 1. The van der Waals surface area contributed by atoms with Gasteiger partial charge in [-0.05, 0) is 30.4 Å². The molecule has 130 valence electrons. The second kappa shape index (κ2) is 9.84. The molecule has 0 aromatic heterocycles. The lowest BCUT2D eigenvalue weighted by atomic mass is 10.1. The zero-order valence-corrected chi connectivity index (χ0v) is 14.3. The van der Waals surface area contributed by atoms with Gasteiger partial charge in [0.1, 0.15) is 6.79 Å². The van der Waals surface area contributed by atoms with Crippen molar-refractivity contribution in [1.82, 2.24) is 10.2 Å². The van der Waals surface area contributed by atoms with Crippen molar-refractivity contribution in [1.29, 1.82) is 0 Å². The lowest BCUT2D eigenvalue weighted by Crippen LogP contribution is -2.43. The Morgan fingerprint density at radius 2 is 1.64 bits per heavy atom. The number of carbonyl (C=O) groups excluding carboxylic acids is 4. The summed E-state index contributed by atoms with van der Waals surface area (Å²) in [4.78, 5) is 44.6. The summed E-state index contributed by atoms with van der Waals surface area (Å²) in [5.74, 6) is -0.870. The van der Waals surface area contributed by atoms with Gasteiger partial charge in [0.05, 0.1) is 5.56 Å². The number of hydrogen-bond donors (Lipinski definition) is 1. The molecule has 0 unspecified atom stereocenters. The first-order valence-corrected chi connectivity index (χ1v) is 7.47. The van der Waals surface area contributed by atoms with Crippen LogP contribution in [0, 0.1) is 0 Å². The Balaban J connectivity index is 0.00000201. The smallest absolute Gasteiger partial charge is 0.260 e. The van der Waals surface area contributed by atoms with Gasteiger partial charge < -0.3 is 4.79 Å². The molecule has 0 aliphatic heterocycles. The van der Waals surface area contributed by atoms with Crippen LogP contribution in [0.2, 0.25) is 0 Å². The summed E-state index contributed by atoms with van der Waals surface area (Å²) in [6.07, 6.45) is 0.604. The molecule has 0 fully saturated rings. The molecule has 0 aliphatic carbocycles. The van der Waals surface area contributed by atoms with Gasteiger partial charge >= 0.3 is 0 Å². The lowest BCUT2D eigenvalue weighted by Gasteiger charge is -2.19. The number of rotatable bonds is 3. The van der Waals surface area contributed by atoms with E-state index in [1.807, 2.05) is 6.79 Å². The Hall–Kier alpha value is -3.19. The molecule has 0 saturated carbocycles. The van der Waals surface area contributed by atoms with Crippen LogP contribution in [0.15, 0.2) is 54.6 Å². The number of hydrogen-bond acceptors (Lipinski definition) is 5. The van der Waals surface area contributed by atoms with Crippen LogP contribution in [0.3, 0.4) is 0 Å². The van der Waals surface area contributed by atoms with E-state index in [2.05, 4.69) is 5.32 Å². The van der Waals surface area contributed by atoms with E-state index >= 15 is 0 Å². The van der Waals surface area contributed by atoms with Crippen LogP contribution in [0.4, 0.5) is 0 Å². The fourth-order valence-corrected chi connectivity index (χ4v) is 2.09. The third-order valence-corrected chi connectivity index (χ3v) is 3.56. The topological polar surface area (TPSA) is 83.6 Å². The van der Waals surface area contributed by atoms with Crippen LogP contribution in [0.25, 0.3) is 0 Å². The van der Waals surface area contributed by atoms with Crippen molar-refractivity contribution >= 4 is 42.2 Å². The molecule has 7 heteroatoms. The molecule has 6 nitrogen and oxygen atoms in total. The largest absolute Gasteiger partial charge is 0.307 e. The highest BCUT2D eigenvalue weighted by Crippen LogP contribution is 2.09. The van der Waals surface area contributed by atoms with Crippen molar-refractivity contribution in [3.05, 3.63) is 71.3 Å². The fraction of sp³-hybridized carbons (Fsp3) is 0.0556. The normalized spacial score (nSPS) is 9.16. The summed E-state index contributed by atoms with van der Waals surface area (Å²) in [5, 5.41) is 2.46. The number of carbonyl (C=O) groups is 4. The van der Waals surface area contributed by atoms with Gasteiger partial charge in [-0.25, -0.2) is 0 Å². The molecule has 2 amide bonds. The summed E-state index contributed by atoms with van der Waals surface area (Å²) >= 11 is 5.09. The monoisotopic (exact) mass is 358 g/mol. The van der Waals surface area contributed by atoms with Gasteiger partial charge in [0.2, 0.25) is 0 Å². The molecule has 2 aromatic carbocycles. The Labute approximate surface area is 151 Å². The Morgan fingerprint density at radius 3 is 2.24 bits per heavy atom. The summed E-state index contributed by atoms with van der Waals surface area (Å²) in [6, 6.07) is 14.9. The molecule has 0 radical (unpaired) electrons. The minimum Gasteiger partial charge on any atom is -0.307 e. The van der Waals surface area contributed by atoms with E-state index in [1.54, 1.807) is 48.5 Å². The third kappa shape index (κ3) is 5.15. The van der Waals surface area contributed by atoms with Gasteiger partial charge in [0.25, 0.3) is 11.8 Å². The first-order chi connectivity index (χ1) is 12.0. The summed E-state index contributed by atoms with van der Waals surface area (Å²) in [7, 11) is 1.44. The number of thiocarbonyl (C=S) groups is 1. The minimum absolute atomic E-state index is 0. The summed E-state index contributed by atoms with van der Waals surface area (Å²) < 4.78 is 0. The van der Waals surface area contributed by atoms with E-state index in [-0.39, 0.29) is 17.7 Å². The molecule has 0 spiro atoms. The van der Waals surface area contributed by atoms with Crippen LogP contribution in [0.5, 0.6) is 0 Å². The lowest BCUT2D eigenvalue weighted by molar-refractivity contribution is -0.0980. The molecule has 2 aromatic rings. The van der Waals surface area contributed by atoms with Gasteiger partial charge in [-0.15, -0.1) is 0 Å². The second-order valence-corrected chi connectivity index (χ2v) is 5.08. The maximum Gasteiger partial charge on any atom is 0.260 e. The van der Waals surface area contributed by atoms with Crippen LogP contribution < -0.4 is 5.32 Å². The van der Waals surface area contributed by atoms with Crippen molar-refractivity contribution in [2.75, 3.05) is 7.05 Å². The summed E-state index contributed by atoms with van der Waals surface area (Å²) in [6.45, 7) is 2.00. The fourth-order valence-electron chi connectivity index (χ4n) is 1.91. The predicted molar refractivity (Wildman–Crippen MR) is 99.7 cm³/mol. The zero-order valence-electron chi connectivity index (χ0n) is 13.5. The van der Waals surface area contributed by atoms with Crippen molar-refractivity contribution in [3.63, 3.8) is 0 Å². The standard InChI is InChI=1S/C17H14N2O3S.CH2O.H2/c1-19(16(22)14-10-6-5-9-13(14)11-20)17(23)18-15(21)12-7-3-2-4-8-12;1-2;/h2-11H,1H3,(H,18,21,23);1H2;1H. The van der Waals surface area contributed by atoms with E-state index in [4.69, 9.17) is 17.0 Å². The molecule has 0 heterocycles. The quantitative estimate of drug-likeness (QED) is 0.673. The highest BCUT2D eigenvalue weighted by atomic mass is 32.1. The van der Waals surface area contributed by atoms with E-state index in [0.717, 1.165) is 4.90 Å². The number of benzene rings is 2. The highest BCUT2D eigenvalue weighted by Gasteiger charge is 2.20. The average Bonchev–Trinajstić information content (AvgIpc) is 2.68. The number of aldehydes is 1. The summed E-state index contributed by atoms with van der Waals surface area (Å²) in [5.41, 5.74) is 0.923. The average molecular weight is 358 g/mol. The molecular weight excluding hydrogens is 340 g/mol. The molecule has 0 saturated heterocycles. The molecule has 0 aliphatic rings. The van der Waals surface area contributed by atoms with Crippen LogP contribution in [-0.2, 0) is 4.79 Å². The molecule has 0 bridgehead atoms. The first kappa shape index (κ1) is 19.9. The van der Waals surface area contributed by atoms with Gasteiger partial charge in [-0.1, -0.05) is 36.4 Å². The van der Waals surface area contributed by atoms with E-state index < -0.39 is 11.8 Å². The van der Waals surface area contributed by atoms with Gasteiger partial charge in [-0.2, -0.15) is 0 Å². The SMILES string of the molecule is C=O.CN(C(=O)c1ccccc1C=O)C(=S)NC(=O)c1ccccc1.[HH]. The Bertz CT molecular complexity index is 784. The maximum atomic E-state index is 12.4. The Morgan fingerprint density at radius 1 is 1.08 bits per heavy atom. The first-order valence-electron chi connectivity index (χ1n) is 7.06. The van der Waals surface area contributed by atoms with Crippen molar-refractivity contribution < 1.29 is 20.6 Å². The van der Waals surface area contributed by atoms with E-state index in [0.29, 0.717) is 11.8 Å². The van der Waals surface area contributed by atoms with Crippen LogP contribution in [-0.4, -0.2) is 41.9 Å². The molecule has 25 heavy (non-hydrogen) atoms. The maximum absolute atomic E-state index is 12.4. The predicted octanol–water partition coefficient (Wildman–Crippen LogP) is 2.35. The van der Waals surface area contributed by atoms with Gasteiger partial charge in [0.15, 0.2) is 11.4 Å². The van der Waals surface area contributed by atoms with Gasteiger partial charge in [0, 0.05) is 19.6 Å². The molecule has 2 rings (SSSR count). The van der Waals surface area contributed by atoms with E-state index in [9.17, 15) is 14.4 Å². The Kier molecular flexibility index (Phi) is 7.81. The highest BCUT2D eigenvalue weighted by molar-refractivity contribution is 7.80. The number of amides is 2. The third-order valence-electron chi connectivity index (χ3n) is 3.18. The van der Waals surface area contributed by atoms with Crippen LogP contribution >= 0.6 is 12.2 Å². The van der Waals surface area contributed by atoms with Crippen LogP contribution in [0.1, 0.15) is 32.5 Å². The molecule has 1 N–H and O–H groups in total. The zero-order chi connectivity index (χ0) is 18.8. The van der Waals surface area contributed by atoms with Crippen molar-refractivity contribution in [2.24, 2.45) is 0 Å². The number of nitrogens with zero attached hydrogens (tertiary/aromatic N) is 1. The van der Waals surface area contributed by atoms with Crippen molar-refractivity contribution in [2.45, 2.75) is 0 Å². The van der Waals surface area contributed by atoms with Crippen molar-refractivity contribution in [3.8, 4) is 0 Å².